The van der Waals surface area contributed by atoms with Crippen LogP contribution in [0, 0.1) is 0 Å². The Balaban J connectivity index is 1.62. The van der Waals surface area contributed by atoms with Crippen LogP contribution in [-0.4, -0.2) is 56.3 Å². The SMILES string of the molecule is COc1ccc(/C=C/C(=O)Nc2cccc(N3CCN(C)CC3)c2)cc1O. The first-order chi connectivity index (χ1) is 13.0. The molecule has 1 saturated heterocycles. The monoisotopic (exact) mass is 367 g/mol. The lowest BCUT2D eigenvalue weighted by molar-refractivity contribution is -0.111. The van der Waals surface area contributed by atoms with Crippen molar-refractivity contribution in [2.24, 2.45) is 0 Å². The molecule has 6 heteroatoms. The van der Waals surface area contributed by atoms with Gasteiger partial charge in [0, 0.05) is 43.6 Å². The lowest BCUT2D eigenvalue weighted by Crippen LogP contribution is -2.44. The van der Waals surface area contributed by atoms with Crippen molar-refractivity contribution in [2.45, 2.75) is 0 Å². The summed E-state index contributed by atoms with van der Waals surface area (Å²) in [6, 6.07) is 12.9. The van der Waals surface area contributed by atoms with Crippen LogP contribution in [-0.2, 0) is 4.79 Å². The maximum Gasteiger partial charge on any atom is 0.248 e. The van der Waals surface area contributed by atoms with Crippen LogP contribution in [0.4, 0.5) is 11.4 Å². The van der Waals surface area contributed by atoms with E-state index >= 15 is 0 Å². The Morgan fingerprint density at radius 2 is 1.93 bits per heavy atom. The number of piperazine rings is 1. The molecule has 2 aromatic carbocycles. The Bertz CT molecular complexity index is 827. The van der Waals surface area contributed by atoms with Gasteiger partial charge in [0.1, 0.15) is 0 Å². The molecule has 0 aliphatic carbocycles. The van der Waals surface area contributed by atoms with E-state index in [-0.39, 0.29) is 11.7 Å². The number of nitrogens with one attached hydrogen (secondary N) is 1. The molecular formula is C21H25N3O3. The van der Waals surface area contributed by atoms with Crippen LogP contribution in [0.15, 0.2) is 48.5 Å². The lowest BCUT2D eigenvalue weighted by Gasteiger charge is -2.34. The predicted molar refractivity (Wildman–Crippen MR) is 108 cm³/mol. The maximum absolute atomic E-state index is 12.2. The number of phenolic OH excluding ortho intramolecular Hbond substituents is 1. The van der Waals surface area contributed by atoms with E-state index in [4.69, 9.17) is 4.74 Å². The molecule has 142 valence electrons. The summed E-state index contributed by atoms with van der Waals surface area (Å²) < 4.78 is 5.01. The highest BCUT2D eigenvalue weighted by atomic mass is 16.5. The number of carbonyl (C=O) groups excluding carboxylic acids is 1. The second kappa shape index (κ2) is 8.60. The molecule has 0 atom stereocenters. The quantitative estimate of drug-likeness (QED) is 0.796. The van der Waals surface area contributed by atoms with Gasteiger partial charge in [0.15, 0.2) is 11.5 Å². The zero-order valence-electron chi connectivity index (χ0n) is 15.7. The molecule has 0 aromatic heterocycles. The van der Waals surface area contributed by atoms with Gasteiger partial charge in [0.05, 0.1) is 7.11 Å². The molecule has 1 heterocycles. The van der Waals surface area contributed by atoms with E-state index in [1.54, 1.807) is 24.3 Å². The van der Waals surface area contributed by atoms with Crippen LogP contribution in [0.1, 0.15) is 5.56 Å². The molecule has 1 amide bonds. The van der Waals surface area contributed by atoms with E-state index in [1.165, 1.54) is 13.2 Å². The molecule has 1 aliphatic heterocycles. The third-order valence-electron chi connectivity index (χ3n) is 4.61. The van der Waals surface area contributed by atoms with E-state index in [2.05, 4.69) is 28.2 Å². The number of ether oxygens (including phenoxy) is 1. The third kappa shape index (κ3) is 5.01. The summed E-state index contributed by atoms with van der Waals surface area (Å²) >= 11 is 0. The van der Waals surface area contributed by atoms with Gasteiger partial charge in [-0.25, -0.2) is 0 Å². The van der Waals surface area contributed by atoms with Gasteiger partial charge in [-0.15, -0.1) is 0 Å². The molecule has 0 bridgehead atoms. The van der Waals surface area contributed by atoms with Crippen molar-refractivity contribution in [3.8, 4) is 11.5 Å². The van der Waals surface area contributed by atoms with Gasteiger partial charge in [-0.05, 0) is 49.0 Å². The van der Waals surface area contributed by atoms with Crippen LogP contribution < -0.4 is 15.0 Å². The minimum Gasteiger partial charge on any atom is -0.504 e. The fourth-order valence-electron chi connectivity index (χ4n) is 3.01. The largest absolute Gasteiger partial charge is 0.504 e. The molecule has 0 unspecified atom stereocenters. The van der Waals surface area contributed by atoms with Gasteiger partial charge in [-0.2, -0.15) is 0 Å². The average Bonchev–Trinajstić information content (AvgIpc) is 2.67. The van der Waals surface area contributed by atoms with Gasteiger partial charge in [-0.3, -0.25) is 4.79 Å². The number of amides is 1. The van der Waals surface area contributed by atoms with Crippen LogP contribution in [0.5, 0.6) is 11.5 Å². The lowest BCUT2D eigenvalue weighted by atomic mass is 10.2. The number of likely N-dealkylation sites (N-methyl/N-ethyl adjacent to an activating group) is 1. The minimum atomic E-state index is -0.221. The molecule has 0 saturated carbocycles. The molecule has 27 heavy (non-hydrogen) atoms. The number of carbonyl (C=O) groups is 1. The smallest absolute Gasteiger partial charge is 0.248 e. The summed E-state index contributed by atoms with van der Waals surface area (Å²) in [5.74, 6) is 0.220. The zero-order valence-corrected chi connectivity index (χ0v) is 15.7. The topological polar surface area (TPSA) is 65.0 Å². The van der Waals surface area contributed by atoms with E-state index in [9.17, 15) is 9.90 Å². The summed E-state index contributed by atoms with van der Waals surface area (Å²) in [5.41, 5.74) is 2.60. The Hall–Kier alpha value is -2.99. The Morgan fingerprint density at radius 1 is 1.15 bits per heavy atom. The highest BCUT2D eigenvalue weighted by Gasteiger charge is 2.14. The summed E-state index contributed by atoms with van der Waals surface area (Å²) in [5, 5.41) is 12.7. The van der Waals surface area contributed by atoms with Gasteiger partial charge in [0.25, 0.3) is 0 Å². The summed E-state index contributed by atoms with van der Waals surface area (Å²) in [7, 11) is 3.62. The normalized spacial score (nSPS) is 15.1. The van der Waals surface area contributed by atoms with Gasteiger partial charge in [0.2, 0.25) is 5.91 Å². The van der Waals surface area contributed by atoms with Crippen molar-refractivity contribution in [3.05, 3.63) is 54.1 Å². The fraction of sp³-hybridized carbons (Fsp3) is 0.286. The molecule has 2 N–H and O–H groups in total. The van der Waals surface area contributed by atoms with Crippen molar-refractivity contribution in [1.29, 1.82) is 0 Å². The van der Waals surface area contributed by atoms with E-state index in [0.717, 1.165) is 43.1 Å². The molecule has 0 radical (unpaired) electrons. The number of phenols is 1. The Kier molecular flexibility index (Phi) is 5.98. The molecule has 6 nitrogen and oxygen atoms in total. The van der Waals surface area contributed by atoms with Crippen molar-refractivity contribution in [1.82, 2.24) is 4.90 Å². The van der Waals surface area contributed by atoms with Crippen molar-refractivity contribution in [2.75, 3.05) is 50.6 Å². The number of hydrogen-bond donors (Lipinski definition) is 2. The van der Waals surface area contributed by atoms with Crippen LogP contribution in [0.2, 0.25) is 0 Å². The number of nitrogens with zero attached hydrogens (tertiary/aromatic N) is 2. The first-order valence-corrected chi connectivity index (χ1v) is 8.95. The van der Waals surface area contributed by atoms with Gasteiger partial charge in [-0.1, -0.05) is 12.1 Å². The van der Waals surface area contributed by atoms with Crippen LogP contribution in [0.25, 0.3) is 6.08 Å². The zero-order chi connectivity index (χ0) is 19.2. The number of methoxy groups -OCH3 is 1. The molecular weight excluding hydrogens is 342 g/mol. The van der Waals surface area contributed by atoms with Gasteiger partial charge >= 0.3 is 0 Å². The second-order valence-electron chi connectivity index (χ2n) is 6.59. The Morgan fingerprint density at radius 3 is 2.63 bits per heavy atom. The highest BCUT2D eigenvalue weighted by Crippen LogP contribution is 2.26. The molecule has 3 rings (SSSR count). The number of benzene rings is 2. The molecule has 0 spiro atoms. The first kappa shape index (κ1) is 18.8. The number of rotatable bonds is 5. The maximum atomic E-state index is 12.2. The van der Waals surface area contributed by atoms with Gasteiger partial charge < -0.3 is 25.0 Å². The number of hydrogen-bond acceptors (Lipinski definition) is 5. The fourth-order valence-corrected chi connectivity index (χ4v) is 3.01. The van der Waals surface area contributed by atoms with Crippen LogP contribution >= 0.6 is 0 Å². The molecule has 1 fully saturated rings. The second-order valence-corrected chi connectivity index (χ2v) is 6.59. The summed E-state index contributed by atoms with van der Waals surface area (Å²) in [4.78, 5) is 16.9. The minimum absolute atomic E-state index is 0.0416. The first-order valence-electron chi connectivity index (χ1n) is 8.95. The average molecular weight is 367 g/mol. The molecule has 2 aromatic rings. The third-order valence-corrected chi connectivity index (χ3v) is 4.61. The highest BCUT2D eigenvalue weighted by molar-refractivity contribution is 6.02. The van der Waals surface area contributed by atoms with Crippen molar-refractivity contribution < 1.29 is 14.6 Å². The Labute approximate surface area is 159 Å². The van der Waals surface area contributed by atoms with Crippen molar-refractivity contribution in [3.63, 3.8) is 0 Å². The number of anilines is 2. The van der Waals surface area contributed by atoms with Crippen molar-refractivity contribution >= 4 is 23.4 Å². The number of aromatic hydroxyl groups is 1. The standard InChI is InChI=1S/C21H25N3O3/c1-23-10-12-24(13-11-23)18-5-3-4-17(15-18)22-21(26)9-7-16-6-8-20(27-2)19(25)14-16/h3-9,14-15,25H,10-13H2,1-2H3,(H,22,26)/b9-7+. The summed E-state index contributed by atoms with van der Waals surface area (Å²) in [6.07, 6.45) is 3.10. The van der Waals surface area contributed by atoms with E-state index < -0.39 is 0 Å². The van der Waals surface area contributed by atoms with Crippen LogP contribution in [0.3, 0.4) is 0 Å². The van der Waals surface area contributed by atoms with E-state index in [1.807, 2.05) is 18.2 Å². The summed E-state index contributed by atoms with van der Waals surface area (Å²) in [6.45, 7) is 4.03. The predicted octanol–water partition coefficient (Wildman–Crippen LogP) is 2.80. The molecule has 1 aliphatic rings. The van der Waals surface area contributed by atoms with E-state index in [0.29, 0.717) is 5.75 Å².